The van der Waals surface area contributed by atoms with E-state index in [0.717, 1.165) is 11.1 Å². The van der Waals surface area contributed by atoms with Crippen LogP contribution in [0.2, 0.25) is 0 Å². The molecule has 0 unspecified atom stereocenters. The van der Waals surface area contributed by atoms with Gasteiger partial charge >= 0.3 is 5.97 Å². The van der Waals surface area contributed by atoms with Gasteiger partial charge in [-0.25, -0.2) is 9.59 Å². The first-order valence-corrected chi connectivity index (χ1v) is 7.63. The first kappa shape index (κ1) is 17.4. The molecule has 0 saturated heterocycles. The smallest absolute Gasteiger partial charge is 0.333 e. The second-order valence-electron chi connectivity index (χ2n) is 5.46. The Bertz CT molecular complexity index is 707. The van der Waals surface area contributed by atoms with Crippen molar-refractivity contribution in [1.82, 2.24) is 0 Å². The van der Waals surface area contributed by atoms with E-state index >= 15 is 0 Å². The van der Waals surface area contributed by atoms with Crippen molar-refractivity contribution in [2.75, 3.05) is 6.61 Å². The lowest BCUT2D eigenvalue weighted by Crippen LogP contribution is -2.28. The molecular weight excluding hydrogens is 302 g/mol. The molecule has 0 radical (unpaired) electrons. The van der Waals surface area contributed by atoms with E-state index in [-0.39, 0.29) is 6.61 Å². The number of esters is 1. The SMILES string of the molecule is C=C(C)C(=O)OCCC(N=C=O)(c1ccccc1)c1ccccc1. The van der Waals surface area contributed by atoms with Crippen LogP contribution in [0.5, 0.6) is 0 Å². The molecule has 2 aromatic carbocycles. The monoisotopic (exact) mass is 321 g/mol. The minimum Gasteiger partial charge on any atom is -0.462 e. The average Bonchev–Trinajstić information content (AvgIpc) is 2.62. The average molecular weight is 321 g/mol. The zero-order valence-electron chi connectivity index (χ0n) is 13.6. The molecule has 0 aromatic heterocycles. The van der Waals surface area contributed by atoms with Crippen LogP contribution in [0, 0.1) is 0 Å². The van der Waals surface area contributed by atoms with Crippen LogP contribution in [0.4, 0.5) is 0 Å². The summed E-state index contributed by atoms with van der Waals surface area (Å²) in [4.78, 5) is 26.9. The van der Waals surface area contributed by atoms with Crippen molar-refractivity contribution in [3.05, 3.63) is 83.9 Å². The van der Waals surface area contributed by atoms with Crippen LogP contribution in [0.1, 0.15) is 24.5 Å². The summed E-state index contributed by atoms with van der Waals surface area (Å²) in [5, 5.41) is 0. The van der Waals surface area contributed by atoms with Gasteiger partial charge in [-0.15, -0.1) is 0 Å². The molecule has 122 valence electrons. The Morgan fingerprint density at radius 1 is 1.08 bits per heavy atom. The van der Waals surface area contributed by atoms with Crippen molar-refractivity contribution in [2.45, 2.75) is 18.9 Å². The molecule has 0 heterocycles. The third kappa shape index (κ3) is 3.86. The number of aliphatic imine (C=N–C) groups is 1. The Morgan fingerprint density at radius 2 is 1.58 bits per heavy atom. The van der Waals surface area contributed by atoms with Gasteiger partial charge < -0.3 is 4.74 Å². The zero-order chi connectivity index (χ0) is 17.4. The van der Waals surface area contributed by atoms with Crippen molar-refractivity contribution in [2.24, 2.45) is 4.99 Å². The highest BCUT2D eigenvalue weighted by Gasteiger charge is 2.34. The first-order valence-electron chi connectivity index (χ1n) is 7.63. The molecule has 0 spiro atoms. The Hall–Kier alpha value is -2.97. The maximum Gasteiger partial charge on any atom is 0.333 e. The highest BCUT2D eigenvalue weighted by Crippen LogP contribution is 2.37. The van der Waals surface area contributed by atoms with Crippen LogP contribution in [-0.2, 0) is 19.9 Å². The van der Waals surface area contributed by atoms with Gasteiger partial charge in [0.1, 0.15) is 5.54 Å². The summed E-state index contributed by atoms with van der Waals surface area (Å²) in [6.07, 6.45) is 2.01. The van der Waals surface area contributed by atoms with Gasteiger partial charge in [-0.2, -0.15) is 4.99 Å². The highest BCUT2D eigenvalue weighted by atomic mass is 16.5. The second kappa shape index (κ2) is 8.04. The molecule has 0 amide bonds. The summed E-state index contributed by atoms with van der Waals surface area (Å²) >= 11 is 0. The Balaban J connectivity index is 2.42. The van der Waals surface area contributed by atoms with E-state index in [1.165, 1.54) is 0 Å². The molecule has 2 aromatic rings. The second-order valence-corrected chi connectivity index (χ2v) is 5.46. The fourth-order valence-electron chi connectivity index (χ4n) is 2.56. The zero-order valence-corrected chi connectivity index (χ0v) is 13.6. The summed E-state index contributed by atoms with van der Waals surface area (Å²) in [6.45, 7) is 5.27. The fraction of sp³-hybridized carbons (Fsp3) is 0.200. The van der Waals surface area contributed by atoms with Crippen LogP contribution < -0.4 is 0 Å². The van der Waals surface area contributed by atoms with Crippen LogP contribution in [0.25, 0.3) is 0 Å². The van der Waals surface area contributed by atoms with Gasteiger partial charge in [0.05, 0.1) is 6.61 Å². The molecule has 2 rings (SSSR count). The van der Waals surface area contributed by atoms with Crippen LogP contribution in [0.15, 0.2) is 77.8 Å². The number of rotatable bonds is 7. The summed E-state index contributed by atoms with van der Waals surface area (Å²) < 4.78 is 5.22. The number of carbonyl (C=O) groups is 1. The quantitative estimate of drug-likeness (QED) is 0.337. The number of hydrogen-bond acceptors (Lipinski definition) is 4. The highest BCUT2D eigenvalue weighted by molar-refractivity contribution is 5.86. The van der Waals surface area contributed by atoms with Gasteiger partial charge in [-0.05, 0) is 18.1 Å². The van der Waals surface area contributed by atoms with Crippen LogP contribution in [0.3, 0.4) is 0 Å². The number of carbonyl (C=O) groups excluding carboxylic acids is 2. The normalized spacial score (nSPS) is 10.5. The van der Waals surface area contributed by atoms with E-state index in [4.69, 9.17) is 4.74 Å². The van der Waals surface area contributed by atoms with Gasteiger partial charge in [-0.3, -0.25) is 0 Å². The predicted octanol–water partition coefficient (Wildman–Crippen LogP) is 3.78. The maximum atomic E-state index is 11.6. The molecule has 4 heteroatoms. The molecule has 0 aliphatic carbocycles. The lowest BCUT2D eigenvalue weighted by Gasteiger charge is -2.29. The molecule has 0 aliphatic rings. The Labute approximate surface area is 141 Å². The van der Waals surface area contributed by atoms with Gasteiger partial charge in [0, 0.05) is 12.0 Å². The predicted molar refractivity (Wildman–Crippen MR) is 92.2 cm³/mol. The molecule has 0 N–H and O–H groups in total. The molecule has 0 atom stereocenters. The summed E-state index contributed by atoms with van der Waals surface area (Å²) in [5.41, 5.74) is 1.07. The number of hydrogen-bond donors (Lipinski definition) is 0. The van der Waals surface area contributed by atoms with Crippen molar-refractivity contribution in [1.29, 1.82) is 0 Å². The van der Waals surface area contributed by atoms with Gasteiger partial charge in [0.2, 0.25) is 6.08 Å². The largest absolute Gasteiger partial charge is 0.462 e. The molecule has 0 saturated carbocycles. The number of isocyanates is 1. The Morgan fingerprint density at radius 3 is 2.00 bits per heavy atom. The third-order valence-electron chi connectivity index (χ3n) is 3.78. The molecular formula is C20H19NO3. The standard InChI is InChI=1S/C20H19NO3/c1-16(2)19(23)24-14-13-20(21-15-22,17-9-5-3-6-10-17)18-11-7-4-8-12-18/h3-12H,1,13-14H2,2H3. The molecule has 24 heavy (non-hydrogen) atoms. The molecule has 0 aliphatic heterocycles. The van der Waals surface area contributed by atoms with Gasteiger partial charge in [-0.1, -0.05) is 67.2 Å². The molecule has 4 nitrogen and oxygen atoms in total. The van der Waals surface area contributed by atoms with Crippen molar-refractivity contribution >= 4 is 12.0 Å². The minimum atomic E-state index is -0.945. The van der Waals surface area contributed by atoms with Crippen LogP contribution in [-0.4, -0.2) is 18.7 Å². The summed E-state index contributed by atoms with van der Waals surface area (Å²) in [5.74, 6) is -0.458. The van der Waals surface area contributed by atoms with Gasteiger partial charge in [0.15, 0.2) is 0 Å². The van der Waals surface area contributed by atoms with Crippen molar-refractivity contribution < 1.29 is 14.3 Å². The molecule has 0 fully saturated rings. The van der Waals surface area contributed by atoms with Crippen LogP contribution >= 0.6 is 0 Å². The number of ether oxygens (including phenoxy) is 1. The van der Waals surface area contributed by atoms with E-state index in [2.05, 4.69) is 11.6 Å². The number of benzene rings is 2. The topological polar surface area (TPSA) is 55.7 Å². The molecule has 0 bridgehead atoms. The van der Waals surface area contributed by atoms with E-state index in [9.17, 15) is 9.59 Å². The lowest BCUT2D eigenvalue weighted by molar-refractivity contribution is -0.139. The van der Waals surface area contributed by atoms with E-state index in [1.54, 1.807) is 13.0 Å². The van der Waals surface area contributed by atoms with Crippen molar-refractivity contribution in [3.8, 4) is 0 Å². The van der Waals surface area contributed by atoms with E-state index < -0.39 is 11.5 Å². The third-order valence-corrected chi connectivity index (χ3v) is 3.78. The van der Waals surface area contributed by atoms with Gasteiger partial charge in [0.25, 0.3) is 0 Å². The summed E-state index contributed by atoms with van der Waals surface area (Å²) in [7, 11) is 0. The Kier molecular flexibility index (Phi) is 5.83. The minimum absolute atomic E-state index is 0.112. The van der Waals surface area contributed by atoms with Crippen molar-refractivity contribution in [3.63, 3.8) is 0 Å². The number of nitrogens with zero attached hydrogens (tertiary/aromatic N) is 1. The van der Waals surface area contributed by atoms with E-state index in [0.29, 0.717) is 12.0 Å². The first-order chi connectivity index (χ1) is 11.6. The fourth-order valence-corrected chi connectivity index (χ4v) is 2.56. The maximum absolute atomic E-state index is 11.6. The summed E-state index contributed by atoms with van der Waals surface area (Å²) in [6, 6.07) is 18.9. The lowest BCUT2D eigenvalue weighted by atomic mass is 9.81. The van der Waals surface area contributed by atoms with E-state index in [1.807, 2.05) is 60.7 Å².